The molecule has 4 aromatic rings. The van der Waals surface area contributed by atoms with Crippen molar-refractivity contribution in [2.45, 2.75) is 32.6 Å². The van der Waals surface area contributed by atoms with Gasteiger partial charge >= 0.3 is 0 Å². The van der Waals surface area contributed by atoms with E-state index in [9.17, 15) is 9.18 Å². The van der Waals surface area contributed by atoms with Crippen LogP contribution in [0.2, 0.25) is 0 Å². The van der Waals surface area contributed by atoms with E-state index in [-0.39, 0.29) is 11.4 Å². The second-order valence-corrected chi connectivity index (χ2v) is 8.23. The SMILES string of the molecule is Cc1nc(-c2ccc(N3CCC(c4c[nH]c5cc(F)ccc45)CC3)nc2)[nH]c(=O)c1C. The summed E-state index contributed by atoms with van der Waals surface area (Å²) in [5, 5.41) is 1.11. The number of anilines is 1. The van der Waals surface area contributed by atoms with Gasteiger partial charge in [-0.2, -0.15) is 0 Å². The molecule has 0 amide bonds. The van der Waals surface area contributed by atoms with E-state index in [0.29, 0.717) is 17.3 Å². The van der Waals surface area contributed by atoms with E-state index in [2.05, 4.69) is 24.8 Å². The average molecular weight is 417 g/mol. The van der Waals surface area contributed by atoms with Gasteiger partial charge < -0.3 is 14.9 Å². The molecule has 1 aliphatic heterocycles. The first-order chi connectivity index (χ1) is 15.0. The van der Waals surface area contributed by atoms with Gasteiger partial charge in [-0.25, -0.2) is 14.4 Å². The first-order valence-corrected chi connectivity index (χ1v) is 10.5. The number of hydrogen-bond acceptors (Lipinski definition) is 4. The van der Waals surface area contributed by atoms with Crippen LogP contribution in [0.3, 0.4) is 0 Å². The molecule has 6 nitrogen and oxygen atoms in total. The van der Waals surface area contributed by atoms with Gasteiger partial charge in [-0.1, -0.05) is 0 Å². The molecular formula is C24H24FN5O. The van der Waals surface area contributed by atoms with Crippen LogP contribution in [0.25, 0.3) is 22.3 Å². The second-order valence-electron chi connectivity index (χ2n) is 8.23. The summed E-state index contributed by atoms with van der Waals surface area (Å²) in [5.41, 5.74) is 4.16. The molecule has 1 saturated heterocycles. The minimum Gasteiger partial charge on any atom is -0.361 e. The Bertz CT molecular complexity index is 1300. The van der Waals surface area contributed by atoms with Crippen molar-refractivity contribution < 1.29 is 4.39 Å². The van der Waals surface area contributed by atoms with Crippen molar-refractivity contribution in [1.29, 1.82) is 0 Å². The van der Waals surface area contributed by atoms with E-state index in [4.69, 9.17) is 0 Å². The number of nitrogens with zero attached hydrogens (tertiary/aromatic N) is 3. The van der Waals surface area contributed by atoms with Gasteiger partial charge in [0, 0.05) is 53.2 Å². The van der Waals surface area contributed by atoms with Crippen molar-refractivity contribution in [2.24, 2.45) is 0 Å². The number of piperidine rings is 1. The third-order valence-electron chi connectivity index (χ3n) is 6.35. The van der Waals surface area contributed by atoms with Gasteiger partial charge in [-0.15, -0.1) is 0 Å². The number of benzene rings is 1. The molecule has 0 aliphatic carbocycles. The maximum atomic E-state index is 13.5. The lowest BCUT2D eigenvalue weighted by atomic mass is 9.89. The molecule has 1 fully saturated rings. The highest BCUT2D eigenvalue weighted by atomic mass is 19.1. The molecule has 158 valence electrons. The number of pyridine rings is 1. The molecule has 4 heterocycles. The highest BCUT2D eigenvalue weighted by molar-refractivity contribution is 5.83. The highest BCUT2D eigenvalue weighted by Crippen LogP contribution is 2.34. The zero-order valence-corrected chi connectivity index (χ0v) is 17.6. The summed E-state index contributed by atoms with van der Waals surface area (Å²) < 4.78 is 13.5. The van der Waals surface area contributed by atoms with Gasteiger partial charge in [0.1, 0.15) is 17.5 Å². The topological polar surface area (TPSA) is 77.7 Å². The summed E-state index contributed by atoms with van der Waals surface area (Å²) in [5.74, 6) is 1.70. The smallest absolute Gasteiger partial charge is 0.254 e. The zero-order chi connectivity index (χ0) is 21.5. The summed E-state index contributed by atoms with van der Waals surface area (Å²) in [7, 11) is 0. The maximum absolute atomic E-state index is 13.5. The standard InChI is InChI=1S/C24H24FN5O/c1-14-15(2)28-23(29-24(14)31)17-3-6-22(27-12-17)30-9-7-16(8-10-30)20-13-26-21-11-18(25)4-5-19(20)21/h3-6,11-13,16,26H,7-10H2,1-2H3,(H,28,29,31). The molecule has 0 unspecified atom stereocenters. The number of aromatic nitrogens is 4. The van der Waals surface area contributed by atoms with Crippen LogP contribution in [0.1, 0.15) is 35.6 Å². The summed E-state index contributed by atoms with van der Waals surface area (Å²) in [6.45, 7) is 5.42. The van der Waals surface area contributed by atoms with Crippen molar-refractivity contribution >= 4 is 16.7 Å². The Hall–Kier alpha value is -3.48. The quantitative estimate of drug-likeness (QED) is 0.516. The summed E-state index contributed by atoms with van der Waals surface area (Å²) in [6, 6.07) is 8.89. The minimum atomic E-state index is -0.217. The van der Waals surface area contributed by atoms with E-state index in [1.54, 1.807) is 19.2 Å². The van der Waals surface area contributed by atoms with Crippen LogP contribution in [0.15, 0.2) is 47.5 Å². The lowest BCUT2D eigenvalue weighted by Crippen LogP contribution is -2.33. The van der Waals surface area contributed by atoms with E-state index in [1.807, 2.05) is 31.3 Å². The molecule has 1 aliphatic rings. The van der Waals surface area contributed by atoms with Crippen molar-refractivity contribution in [3.8, 4) is 11.4 Å². The molecule has 0 spiro atoms. The number of H-pyrrole nitrogens is 2. The molecule has 0 atom stereocenters. The molecule has 0 radical (unpaired) electrons. The van der Waals surface area contributed by atoms with E-state index < -0.39 is 0 Å². The normalized spacial score (nSPS) is 15.0. The number of aromatic amines is 2. The number of fused-ring (bicyclic) bond motifs is 1. The van der Waals surface area contributed by atoms with E-state index >= 15 is 0 Å². The Morgan fingerprint density at radius 2 is 1.94 bits per heavy atom. The molecule has 0 saturated carbocycles. The van der Waals surface area contributed by atoms with Gasteiger partial charge in [0.25, 0.3) is 5.56 Å². The van der Waals surface area contributed by atoms with Gasteiger partial charge in [0.2, 0.25) is 0 Å². The Kier molecular flexibility index (Phi) is 4.81. The van der Waals surface area contributed by atoms with Crippen LogP contribution >= 0.6 is 0 Å². The van der Waals surface area contributed by atoms with Crippen molar-refractivity contribution in [2.75, 3.05) is 18.0 Å². The third-order valence-corrected chi connectivity index (χ3v) is 6.35. The number of nitrogens with one attached hydrogen (secondary N) is 2. The molecule has 31 heavy (non-hydrogen) atoms. The minimum absolute atomic E-state index is 0.117. The largest absolute Gasteiger partial charge is 0.361 e. The summed E-state index contributed by atoms with van der Waals surface area (Å²) in [4.78, 5) is 29.4. The number of hydrogen-bond donors (Lipinski definition) is 2. The van der Waals surface area contributed by atoms with Gasteiger partial charge in [0.05, 0.1) is 0 Å². The van der Waals surface area contributed by atoms with E-state index in [0.717, 1.165) is 53.9 Å². The fourth-order valence-electron chi connectivity index (χ4n) is 4.37. The third kappa shape index (κ3) is 3.60. The van der Waals surface area contributed by atoms with Crippen LogP contribution in [0, 0.1) is 19.7 Å². The van der Waals surface area contributed by atoms with Gasteiger partial charge in [-0.05, 0) is 68.5 Å². The Morgan fingerprint density at radius 3 is 2.65 bits per heavy atom. The number of halogens is 1. The highest BCUT2D eigenvalue weighted by Gasteiger charge is 2.23. The van der Waals surface area contributed by atoms with Crippen LogP contribution < -0.4 is 10.5 Å². The maximum Gasteiger partial charge on any atom is 0.254 e. The second kappa shape index (κ2) is 7.65. The van der Waals surface area contributed by atoms with E-state index in [1.165, 1.54) is 11.6 Å². The Morgan fingerprint density at radius 1 is 1.13 bits per heavy atom. The zero-order valence-electron chi connectivity index (χ0n) is 17.6. The fraction of sp³-hybridized carbons (Fsp3) is 0.292. The van der Waals surface area contributed by atoms with Crippen molar-refractivity contribution in [1.82, 2.24) is 19.9 Å². The van der Waals surface area contributed by atoms with Gasteiger partial charge in [0.15, 0.2) is 0 Å². The average Bonchev–Trinajstić information content (AvgIpc) is 3.20. The summed E-state index contributed by atoms with van der Waals surface area (Å²) in [6.07, 6.45) is 5.82. The Balaban J connectivity index is 1.30. The fourth-order valence-corrected chi connectivity index (χ4v) is 4.37. The lowest BCUT2D eigenvalue weighted by Gasteiger charge is -2.32. The molecule has 7 heteroatoms. The van der Waals surface area contributed by atoms with Crippen molar-refractivity contribution in [3.05, 3.63) is 75.7 Å². The molecule has 1 aromatic carbocycles. The first kappa shape index (κ1) is 19.5. The van der Waals surface area contributed by atoms with Crippen molar-refractivity contribution in [3.63, 3.8) is 0 Å². The molecule has 2 N–H and O–H groups in total. The first-order valence-electron chi connectivity index (χ1n) is 10.5. The number of rotatable bonds is 3. The number of aryl methyl sites for hydroxylation is 1. The predicted molar refractivity (Wildman–Crippen MR) is 120 cm³/mol. The monoisotopic (exact) mass is 417 g/mol. The van der Waals surface area contributed by atoms with Crippen LogP contribution in [0.5, 0.6) is 0 Å². The Labute approximate surface area is 179 Å². The molecular weight excluding hydrogens is 393 g/mol. The molecule has 5 rings (SSSR count). The molecule has 0 bridgehead atoms. The van der Waals surface area contributed by atoms with Crippen LogP contribution in [0.4, 0.5) is 10.2 Å². The van der Waals surface area contributed by atoms with Gasteiger partial charge in [-0.3, -0.25) is 4.79 Å². The van der Waals surface area contributed by atoms with Crippen LogP contribution in [-0.4, -0.2) is 33.0 Å². The predicted octanol–water partition coefficient (Wildman–Crippen LogP) is 4.45. The summed E-state index contributed by atoms with van der Waals surface area (Å²) >= 11 is 0. The van der Waals surface area contributed by atoms with Crippen LogP contribution in [-0.2, 0) is 0 Å². The lowest BCUT2D eigenvalue weighted by molar-refractivity contribution is 0.505. The molecule has 3 aromatic heterocycles.